The molecule has 1 rings (SSSR count). The molecular formula is C12H23F3N2O2. The molecule has 7 heteroatoms. The van der Waals surface area contributed by atoms with Gasteiger partial charge in [0.25, 0.3) is 0 Å². The van der Waals surface area contributed by atoms with Crippen LogP contribution in [0.4, 0.5) is 13.2 Å². The Kier molecular flexibility index (Phi) is 7.67. The van der Waals surface area contributed by atoms with Crippen LogP contribution in [0.3, 0.4) is 0 Å². The Labute approximate surface area is 112 Å². The Morgan fingerprint density at radius 1 is 1.16 bits per heavy atom. The van der Waals surface area contributed by atoms with E-state index in [4.69, 9.17) is 9.47 Å². The second-order valence-electron chi connectivity index (χ2n) is 4.67. The highest BCUT2D eigenvalue weighted by Gasteiger charge is 2.34. The molecule has 0 saturated carbocycles. The van der Waals surface area contributed by atoms with Crippen molar-refractivity contribution in [3.8, 4) is 0 Å². The molecule has 114 valence electrons. The fraction of sp³-hybridized carbons (Fsp3) is 1.00. The molecule has 0 bridgehead atoms. The first-order valence-electron chi connectivity index (χ1n) is 6.61. The van der Waals surface area contributed by atoms with Gasteiger partial charge in [-0.1, -0.05) is 0 Å². The molecule has 4 nitrogen and oxygen atoms in total. The number of hydrogen-bond donors (Lipinski definition) is 1. The molecule has 1 aliphatic heterocycles. The minimum Gasteiger partial charge on any atom is -0.382 e. The number of nitrogens with one attached hydrogen (secondary N) is 1. The molecule has 1 heterocycles. The second kappa shape index (κ2) is 8.73. The molecule has 0 aromatic carbocycles. The quantitative estimate of drug-likeness (QED) is 0.681. The van der Waals surface area contributed by atoms with Gasteiger partial charge in [0.1, 0.15) is 0 Å². The van der Waals surface area contributed by atoms with E-state index < -0.39 is 12.7 Å². The molecule has 1 aliphatic rings. The Hall–Kier alpha value is -0.370. The molecule has 0 aromatic rings. The van der Waals surface area contributed by atoms with E-state index in [0.717, 1.165) is 25.9 Å². The summed E-state index contributed by atoms with van der Waals surface area (Å²) in [6.45, 7) is 2.21. The summed E-state index contributed by atoms with van der Waals surface area (Å²) < 4.78 is 47.8. The zero-order valence-corrected chi connectivity index (χ0v) is 11.3. The first kappa shape index (κ1) is 16.7. The van der Waals surface area contributed by atoms with Crippen LogP contribution in [0.15, 0.2) is 0 Å². The van der Waals surface area contributed by atoms with Crippen LogP contribution in [0.1, 0.15) is 12.8 Å². The van der Waals surface area contributed by atoms with Crippen LogP contribution < -0.4 is 5.32 Å². The number of methoxy groups -OCH3 is 1. The van der Waals surface area contributed by atoms with Gasteiger partial charge in [-0.05, 0) is 25.9 Å². The smallest absolute Gasteiger partial charge is 0.382 e. The fourth-order valence-corrected chi connectivity index (χ4v) is 2.22. The van der Waals surface area contributed by atoms with Crippen molar-refractivity contribution >= 4 is 0 Å². The minimum atomic E-state index is -4.16. The van der Waals surface area contributed by atoms with Crippen molar-refractivity contribution in [2.45, 2.75) is 25.1 Å². The highest BCUT2D eigenvalue weighted by Crippen LogP contribution is 2.20. The lowest BCUT2D eigenvalue weighted by atomic mass is 10.0. The van der Waals surface area contributed by atoms with Crippen molar-refractivity contribution in [1.29, 1.82) is 0 Å². The third-order valence-corrected chi connectivity index (χ3v) is 3.16. The largest absolute Gasteiger partial charge is 0.401 e. The predicted octanol–water partition coefficient (Wildman–Crippen LogP) is 1.27. The Morgan fingerprint density at radius 3 is 2.42 bits per heavy atom. The highest BCUT2D eigenvalue weighted by atomic mass is 19.4. The number of nitrogens with zero attached hydrogens (tertiary/aromatic N) is 1. The molecule has 0 spiro atoms. The zero-order chi connectivity index (χ0) is 14.1. The van der Waals surface area contributed by atoms with E-state index in [1.54, 1.807) is 7.11 Å². The first-order valence-corrected chi connectivity index (χ1v) is 6.61. The van der Waals surface area contributed by atoms with E-state index in [0.29, 0.717) is 26.4 Å². The van der Waals surface area contributed by atoms with Crippen LogP contribution >= 0.6 is 0 Å². The van der Waals surface area contributed by atoms with Gasteiger partial charge in [0.05, 0.1) is 26.4 Å². The highest BCUT2D eigenvalue weighted by molar-refractivity contribution is 4.79. The van der Waals surface area contributed by atoms with Crippen molar-refractivity contribution in [3.05, 3.63) is 0 Å². The number of hydrogen-bond acceptors (Lipinski definition) is 4. The molecule has 1 fully saturated rings. The van der Waals surface area contributed by atoms with Crippen LogP contribution in [-0.4, -0.2) is 70.2 Å². The lowest BCUT2D eigenvalue weighted by Gasteiger charge is -2.35. The van der Waals surface area contributed by atoms with E-state index in [9.17, 15) is 13.2 Å². The van der Waals surface area contributed by atoms with Crippen molar-refractivity contribution < 1.29 is 22.6 Å². The summed E-state index contributed by atoms with van der Waals surface area (Å²) in [5.74, 6) is 0. The Balaban J connectivity index is 2.35. The van der Waals surface area contributed by atoms with Crippen LogP contribution in [-0.2, 0) is 9.47 Å². The SMILES string of the molecule is COCCOCCN(CC(F)(F)F)C1CCNCC1. The summed E-state index contributed by atoms with van der Waals surface area (Å²) in [7, 11) is 1.56. The Morgan fingerprint density at radius 2 is 1.84 bits per heavy atom. The monoisotopic (exact) mass is 284 g/mol. The third-order valence-electron chi connectivity index (χ3n) is 3.16. The van der Waals surface area contributed by atoms with E-state index in [-0.39, 0.29) is 6.04 Å². The van der Waals surface area contributed by atoms with Crippen LogP contribution in [0, 0.1) is 0 Å². The van der Waals surface area contributed by atoms with E-state index >= 15 is 0 Å². The summed E-state index contributed by atoms with van der Waals surface area (Å²) in [6, 6.07) is -0.00565. The first-order chi connectivity index (χ1) is 9.03. The van der Waals surface area contributed by atoms with Crippen molar-refractivity contribution in [2.75, 3.05) is 53.1 Å². The van der Waals surface area contributed by atoms with Crippen LogP contribution in [0.2, 0.25) is 0 Å². The lowest BCUT2D eigenvalue weighted by molar-refractivity contribution is -0.153. The van der Waals surface area contributed by atoms with Crippen molar-refractivity contribution in [2.24, 2.45) is 0 Å². The van der Waals surface area contributed by atoms with Gasteiger partial charge in [0.15, 0.2) is 0 Å². The van der Waals surface area contributed by atoms with Gasteiger partial charge < -0.3 is 14.8 Å². The second-order valence-corrected chi connectivity index (χ2v) is 4.67. The third kappa shape index (κ3) is 7.71. The molecule has 1 N–H and O–H groups in total. The predicted molar refractivity (Wildman–Crippen MR) is 66.2 cm³/mol. The number of ether oxygens (including phenoxy) is 2. The topological polar surface area (TPSA) is 33.7 Å². The number of alkyl halides is 3. The van der Waals surface area contributed by atoms with Crippen LogP contribution in [0.25, 0.3) is 0 Å². The molecule has 0 amide bonds. The molecule has 0 radical (unpaired) electrons. The summed E-state index contributed by atoms with van der Waals surface area (Å²) in [4.78, 5) is 1.49. The average Bonchev–Trinajstić information content (AvgIpc) is 2.37. The van der Waals surface area contributed by atoms with Gasteiger partial charge in [-0.15, -0.1) is 0 Å². The van der Waals surface area contributed by atoms with Gasteiger partial charge in [-0.2, -0.15) is 13.2 Å². The van der Waals surface area contributed by atoms with Crippen molar-refractivity contribution in [1.82, 2.24) is 10.2 Å². The van der Waals surface area contributed by atoms with E-state index in [1.807, 2.05) is 0 Å². The van der Waals surface area contributed by atoms with Gasteiger partial charge in [0, 0.05) is 19.7 Å². The fourth-order valence-electron chi connectivity index (χ4n) is 2.22. The summed E-state index contributed by atoms with van der Waals surface area (Å²) >= 11 is 0. The number of rotatable bonds is 8. The van der Waals surface area contributed by atoms with Crippen molar-refractivity contribution in [3.63, 3.8) is 0 Å². The van der Waals surface area contributed by atoms with Gasteiger partial charge in [-0.25, -0.2) is 0 Å². The molecule has 0 unspecified atom stereocenters. The molecular weight excluding hydrogens is 261 g/mol. The maximum absolute atomic E-state index is 12.6. The Bertz CT molecular complexity index is 234. The maximum Gasteiger partial charge on any atom is 0.401 e. The summed E-state index contributed by atoms with van der Waals surface area (Å²) in [5, 5.41) is 3.16. The summed E-state index contributed by atoms with van der Waals surface area (Å²) in [6.07, 6.45) is -2.64. The van der Waals surface area contributed by atoms with Gasteiger partial charge in [-0.3, -0.25) is 4.90 Å². The summed E-state index contributed by atoms with van der Waals surface area (Å²) in [5.41, 5.74) is 0. The number of piperidine rings is 1. The minimum absolute atomic E-state index is 0.00565. The van der Waals surface area contributed by atoms with Gasteiger partial charge in [0.2, 0.25) is 0 Å². The van der Waals surface area contributed by atoms with E-state index in [1.165, 1.54) is 4.90 Å². The molecule has 19 heavy (non-hydrogen) atoms. The normalized spacial score (nSPS) is 18.2. The molecule has 0 atom stereocenters. The standard InChI is InChI=1S/C12H23F3N2O2/c1-18-8-9-19-7-6-17(10-12(13,14)15)11-2-4-16-5-3-11/h11,16H,2-10H2,1H3. The maximum atomic E-state index is 12.6. The molecule has 0 aromatic heterocycles. The average molecular weight is 284 g/mol. The zero-order valence-electron chi connectivity index (χ0n) is 11.3. The molecule has 1 saturated heterocycles. The lowest BCUT2D eigenvalue weighted by Crippen LogP contribution is -2.48. The van der Waals surface area contributed by atoms with Crippen LogP contribution in [0.5, 0.6) is 0 Å². The van der Waals surface area contributed by atoms with E-state index in [2.05, 4.69) is 5.32 Å². The number of halogens is 3. The van der Waals surface area contributed by atoms with Gasteiger partial charge >= 0.3 is 6.18 Å². The molecule has 0 aliphatic carbocycles.